The lowest BCUT2D eigenvalue weighted by atomic mass is 10.1. The number of nitrogens with one attached hydrogen (secondary N) is 1. The zero-order valence-corrected chi connectivity index (χ0v) is 22.3. The molecule has 5 aromatic rings. The number of thioether (sulfide) groups is 1. The maximum atomic E-state index is 13.9. The van der Waals surface area contributed by atoms with Crippen LogP contribution in [0, 0.1) is 13.8 Å². The van der Waals surface area contributed by atoms with Crippen LogP contribution in [0.3, 0.4) is 0 Å². The minimum Gasteiger partial charge on any atom is -0.368 e. The third-order valence-corrected chi connectivity index (χ3v) is 8.10. The van der Waals surface area contributed by atoms with E-state index >= 15 is 0 Å². The van der Waals surface area contributed by atoms with E-state index in [1.807, 2.05) is 79.4 Å². The number of carbonyl (C=O) groups excluding carboxylic acids is 1. The van der Waals surface area contributed by atoms with Crippen molar-refractivity contribution in [2.45, 2.75) is 19.0 Å². The van der Waals surface area contributed by atoms with Gasteiger partial charge in [0.25, 0.3) is 5.56 Å². The number of H-pyrrole nitrogens is 1. The first-order chi connectivity index (χ1) is 18.5. The third kappa shape index (κ3) is 4.45. The van der Waals surface area contributed by atoms with Crippen molar-refractivity contribution in [1.82, 2.24) is 19.4 Å². The van der Waals surface area contributed by atoms with Crippen molar-refractivity contribution in [1.29, 1.82) is 0 Å². The summed E-state index contributed by atoms with van der Waals surface area (Å²) in [5.74, 6) is 0.278. The number of amides is 1. The Bertz CT molecular complexity index is 1700. The number of benzene rings is 3. The number of rotatable bonds is 5. The van der Waals surface area contributed by atoms with Crippen molar-refractivity contribution < 1.29 is 4.79 Å². The zero-order valence-electron chi connectivity index (χ0n) is 21.5. The van der Waals surface area contributed by atoms with E-state index in [0.717, 1.165) is 40.8 Å². The molecular weight excluding hydrogens is 494 g/mol. The van der Waals surface area contributed by atoms with E-state index in [1.54, 1.807) is 4.57 Å². The van der Waals surface area contributed by atoms with Crippen molar-refractivity contribution in [2.24, 2.45) is 0 Å². The summed E-state index contributed by atoms with van der Waals surface area (Å²) in [5.41, 5.74) is 5.81. The summed E-state index contributed by atoms with van der Waals surface area (Å²) >= 11 is 1.33. The molecule has 6 rings (SSSR count). The lowest BCUT2D eigenvalue weighted by Gasteiger charge is -2.36. The minimum atomic E-state index is -0.161. The van der Waals surface area contributed by atoms with Gasteiger partial charge in [-0.2, -0.15) is 0 Å². The quantitative estimate of drug-likeness (QED) is 0.261. The maximum Gasteiger partial charge on any atom is 0.283 e. The van der Waals surface area contributed by atoms with Gasteiger partial charge in [-0.05, 0) is 49.2 Å². The Morgan fingerprint density at radius 3 is 2.47 bits per heavy atom. The number of aryl methyl sites for hydroxylation is 2. The second-order valence-electron chi connectivity index (χ2n) is 9.71. The maximum absolute atomic E-state index is 13.9. The van der Waals surface area contributed by atoms with Crippen molar-refractivity contribution in [3.05, 3.63) is 94.3 Å². The highest BCUT2D eigenvalue weighted by molar-refractivity contribution is 7.99. The molecule has 1 amide bonds. The molecule has 7 nitrogen and oxygen atoms in total. The SMILES string of the molecule is Cc1ccc(C)c(-n2c(SCC(=O)N3CCN(c4ccccc4)CC3)nc3c([nH]c4ccccc43)c2=O)c1. The number of nitrogens with zero attached hydrogens (tertiary/aromatic N) is 4. The van der Waals surface area contributed by atoms with Gasteiger partial charge in [-0.3, -0.25) is 14.2 Å². The number of aromatic amines is 1. The van der Waals surface area contributed by atoms with Gasteiger partial charge in [0, 0.05) is 42.8 Å². The Morgan fingerprint density at radius 1 is 0.947 bits per heavy atom. The first-order valence-corrected chi connectivity index (χ1v) is 13.8. The first kappa shape index (κ1) is 24.3. The van der Waals surface area contributed by atoms with E-state index < -0.39 is 0 Å². The largest absolute Gasteiger partial charge is 0.368 e. The number of fused-ring (bicyclic) bond motifs is 3. The van der Waals surface area contributed by atoms with Crippen LogP contribution in [0.15, 0.2) is 82.7 Å². The molecule has 1 aliphatic rings. The second-order valence-corrected chi connectivity index (χ2v) is 10.7. The summed E-state index contributed by atoms with van der Waals surface area (Å²) < 4.78 is 1.66. The zero-order chi connectivity index (χ0) is 26.2. The Balaban J connectivity index is 1.31. The standard InChI is InChI=1S/C30H29N5O2S/c1-20-12-13-21(2)25(18-20)35-29(37)28-27(23-10-6-7-11-24(23)31-28)32-30(35)38-19-26(36)34-16-14-33(15-17-34)22-8-4-3-5-9-22/h3-13,18,31H,14-17,19H2,1-2H3. The van der Waals surface area contributed by atoms with Gasteiger partial charge >= 0.3 is 0 Å². The van der Waals surface area contributed by atoms with Crippen LogP contribution in [0.5, 0.6) is 0 Å². The number of hydrogen-bond acceptors (Lipinski definition) is 5. The summed E-state index contributed by atoms with van der Waals surface area (Å²) in [5, 5.41) is 1.43. The monoisotopic (exact) mass is 523 g/mol. The number of para-hydroxylation sites is 2. The first-order valence-electron chi connectivity index (χ1n) is 12.8. The van der Waals surface area contributed by atoms with E-state index in [-0.39, 0.29) is 17.2 Å². The van der Waals surface area contributed by atoms with Crippen LogP contribution in [-0.2, 0) is 4.79 Å². The molecule has 3 heterocycles. The highest BCUT2D eigenvalue weighted by Crippen LogP contribution is 2.28. The molecule has 38 heavy (non-hydrogen) atoms. The molecule has 0 atom stereocenters. The molecule has 0 saturated carbocycles. The average molecular weight is 524 g/mol. The van der Waals surface area contributed by atoms with Crippen LogP contribution in [-0.4, -0.2) is 57.3 Å². The molecule has 1 N–H and O–H groups in total. The van der Waals surface area contributed by atoms with E-state index in [4.69, 9.17) is 4.98 Å². The third-order valence-electron chi connectivity index (χ3n) is 7.18. The molecule has 1 aliphatic heterocycles. The van der Waals surface area contributed by atoms with E-state index in [1.165, 1.54) is 17.4 Å². The summed E-state index contributed by atoms with van der Waals surface area (Å²) in [6.45, 7) is 6.94. The summed E-state index contributed by atoms with van der Waals surface area (Å²) in [7, 11) is 0. The summed E-state index contributed by atoms with van der Waals surface area (Å²) in [6.07, 6.45) is 0. The predicted molar refractivity (Wildman–Crippen MR) is 155 cm³/mol. The molecule has 0 aliphatic carbocycles. The van der Waals surface area contributed by atoms with Crippen molar-refractivity contribution in [2.75, 3.05) is 36.8 Å². The van der Waals surface area contributed by atoms with E-state index in [9.17, 15) is 9.59 Å². The molecule has 2 aromatic heterocycles. The fourth-order valence-electron chi connectivity index (χ4n) is 5.08. The van der Waals surface area contributed by atoms with Gasteiger partial charge in [-0.1, -0.05) is 60.3 Å². The highest BCUT2D eigenvalue weighted by atomic mass is 32.2. The van der Waals surface area contributed by atoms with Crippen LogP contribution in [0.25, 0.3) is 27.6 Å². The second kappa shape index (κ2) is 10.0. The fraction of sp³-hybridized carbons (Fsp3) is 0.233. The predicted octanol–water partition coefficient (Wildman–Crippen LogP) is 4.92. The summed E-state index contributed by atoms with van der Waals surface area (Å²) in [6, 6.07) is 24.1. The lowest BCUT2D eigenvalue weighted by Crippen LogP contribution is -2.49. The minimum absolute atomic E-state index is 0.0588. The van der Waals surface area contributed by atoms with Crippen molar-refractivity contribution in [3.63, 3.8) is 0 Å². The molecule has 0 spiro atoms. The van der Waals surface area contributed by atoms with Crippen LogP contribution < -0.4 is 10.5 Å². The normalized spacial score (nSPS) is 13.9. The van der Waals surface area contributed by atoms with Crippen molar-refractivity contribution in [3.8, 4) is 5.69 Å². The van der Waals surface area contributed by atoms with E-state index in [2.05, 4.69) is 22.0 Å². The number of hydrogen-bond donors (Lipinski definition) is 1. The van der Waals surface area contributed by atoms with Crippen LogP contribution >= 0.6 is 11.8 Å². The smallest absolute Gasteiger partial charge is 0.283 e. The Morgan fingerprint density at radius 2 is 1.68 bits per heavy atom. The molecule has 0 bridgehead atoms. The molecule has 0 radical (unpaired) electrons. The van der Waals surface area contributed by atoms with Crippen LogP contribution in [0.2, 0.25) is 0 Å². The van der Waals surface area contributed by atoms with Crippen LogP contribution in [0.4, 0.5) is 5.69 Å². The van der Waals surface area contributed by atoms with Gasteiger partial charge in [0.15, 0.2) is 5.16 Å². The van der Waals surface area contributed by atoms with Gasteiger partial charge in [0.2, 0.25) is 5.91 Å². The number of anilines is 1. The molecule has 0 unspecified atom stereocenters. The van der Waals surface area contributed by atoms with Crippen LogP contribution in [0.1, 0.15) is 11.1 Å². The number of aromatic nitrogens is 3. The topological polar surface area (TPSA) is 74.2 Å². The van der Waals surface area contributed by atoms with Crippen molar-refractivity contribution >= 4 is 45.3 Å². The molecule has 8 heteroatoms. The van der Waals surface area contributed by atoms with Gasteiger partial charge in [0.05, 0.1) is 11.4 Å². The Kier molecular flexibility index (Phi) is 6.41. The highest BCUT2D eigenvalue weighted by Gasteiger charge is 2.23. The van der Waals surface area contributed by atoms with E-state index in [0.29, 0.717) is 29.3 Å². The van der Waals surface area contributed by atoms with Gasteiger partial charge in [-0.25, -0.2) is 4.98 Å². The molecule has 1 saturated heterocycles. The lowest BCUT2D eigenvalue weighted by molar-refractivity contribution is -0.128. The van der Waals surface area contributed by atoms with Gasteiger partial charge < -0.3 is 14.8 Å². The number of carbonyl (C=O) groups is 1. The summed E-state index contributed by atoms with van der Waals surface area (Å²) in [4.78, 5) is 39.6. The molecule has 3 aromatic carbocycles. The molecule has 192 valence electrons. The fourth-order valence-corrected chi connectivity index (χ4v) is 5.98. The average Bonchev–Trinajstić information content (AvgIpc) is 3.33. The van der Waals surface area contributed by atoms with Gasteiger partial charge in [-0.15, -0.1) is 0 Å². The van der Waals surface area contributed by atoms with Gasteiger partial charge in [0.1, 0.15) is 11.0 Å². The molecular formula is C30H29N5O2S. The number of piperazine rings is 1. The molecule has 1 fully saturated rings. The Labute approximate surface area is 225 Å². The Hall–Kier alpha value is -4.04.